The van der Waals surface area contributed by atoms with Crippen molar-refractivity contribution >= 4 is 22.8 Å². The number of carbonyl (C=O) groups excluding carboxylic acids is 2. The minimum absolute atomic E-state index is 0.0775. The van der Waals surface area contributed by atoms with Crippen LogP contribution in [0.5, 0.6) is 5.75 Å². The molecule has 0 spiro atoms. The van der Waals surface area contributed by atoms with E-state index in [1.54, 1.807) is 26.8 Å². The molecule has 162 valence electrons. The van der Waals surface area contributed by atoms with Crippen molar-refractivity contribution in [3.8, 4) is 5.75 Å². The van der Waals surface area contributed by atoms with Crippen molar-refractivity contribution < 1.29 is 19.4 Å². The summed E-state index contributed by atoms with van der Waals surface area (Å²) >= 11 is 0. The molecular formula is C25H28N2O4. The Labute approximate surface area is 182 Å². The number of amides is 2. The van der Waals surface area contributed by atoms with E-state index in [0.29, 0.717) is 5.56 Å². The van der Waals surface area contributed by atoms with Gasteiger partial charge in [-0.1, -0.05) is 60.7 Å². The first-order valence-corrected chi connectivity index (χ1v) is 10.3. The highest BCUT2D eigenvalue weighted by molar-refractivity contribution is 5.89. The van der Waals surface area contributed by atoms with E-state index in [2.05, 4.69) is 10.6 Å². The topological polar surface area (TPSA) is 87.7 Å². The van der Waals surface area contributed by atoms with Crippen LogP contribution in [0.25, 0.3) is 10.8 Å². The average Bonchev–Trinajstić information content (AvgIpc) is 2.72. The zero-order valence-electron chi connectivity index (χ0n) is 18.0. The Morgan fingerprint density at radius 2 is 1.65 bits per heavy atom. The van der Waals surface area contributed by atoms with Gasteiger partial charge in [-0.25, -0.2) is 4.79 Å². The molecule has 0 heterocycles. The number of fused-ring (bicyclic) bond motifs is 1. The van der Waals surface area contributed by atoms with E-state index in [0.717, 1.165) is 16.3 Å². The maximum Gasteiger partial charge on any atom is 0.407 e. The van der Waals surface area contributed by atoms with Gasteiger partial charge in [0.25, 0.3) is 0 Å². The number of benzene rings is 3. The summed E-state index contributed by atoms with van der Waals surface area (Å²) in [4.78, 5) is 24.5. The van der Waals surface area contributed by atoms with Crippen LogP contribution in [0.3, 0.4) is 0 Å². The van der Waals surface area contributed by atoms with Gasteiger partial charge >= 0.3 is 6.09 Å². The molecule has 3 aromatic rings. The lowest BCUT2D eigenvalue weighted by molar-refractivity contribution is -0.121. The Morgan fingerprint density at radius 3 is 2.35 bits per heavy atom. The average molecular weight is 421 g/mol. The van der Waals surface area contributed by atoms with Crippen LogP contribution in [-0.2, 0) is 9.53 Å². The highest BCUT2D eigenvalue weighted by Gasteiger charge is 2.22. The van der Waals surface area contributed by atoms with Crippen molar-refractivity contribution in [1.82, 2.24) is 10.6 Å². The Morgan fingerprint density at radius 1 is 0.968 bits per heavy atom. The summed E-state index contributed by atoms with van der Waals surface area (Å²) in [6.45, 7) is 5.48. The van der Waals surface area contributed by atoms with Crippen molar-refractivity contribution in [2.24, 2.45) is 0 Å². The summed E-state index contributed by atoms with van der Waals surface area (Å²) in [5.41, 5.74) is 0.886. The van der Waals surface area contributed by atoms with Crippen LogP contribution in [0.4, 0.5) is 4.79 Å². The third-order valence-electron chi connectivity index (χ3n) is 4.69. The number of phenolic OH excluding ortho intramolecular Hbond substituents is 1. The van der Waals surface area contributed by atoms with E-state index in [9.17, 15) is 14.7 Å². The van der Waals surface area contributed by atoms with Gasteiger partial charge in [-0.05, 0) is 43.2 Å². The summed E-state index contributed by atoms with van der Waals surface area (Å²) in [6, 6.07) is 20.2. The smallest absolute Gasteiger partial charge is 0.407 e. The largest absolute Gasteiger partial charge is 0.508 e. The Balaban J connectivity index is 1.80. The Hall–Kier alpha value is -3.54. The van der Waals surface area contributed by atoms with Gasteiger partial charge in [0, 0.05) is 18.5 Å². The monoisotopic (exact) mass is 420 g/mol. The molecule has 1 unspecified atom stereocenters. The van der Waals surface area contributed by atoms with Crippen LogP contribution in [0, 0.1) is 0 Å². The van der Waals surface area contributed by atoms with Crippen molar-refractivity contribution in [2.75, 3.05) is 6.54 Å². The van der Waals surface area contributed by atoms with Crippen molar-refractivity contribution in [1.29, 1.82) is 0 Å². The molecule has 0 aliphatic rings. The molecule has 0 aromatic heterocycles. The molecule has 0 bridgehead atoms. The second kappa shape index (κ2) is 9.51. The van der Waals surface area contributed by atoms with Gasteiger partial charge in [-0.2, -0.15) is 0 Å². The van der Waals surface area contributed by atoms with Gasteiger partial charge in [0.1, 0.15) is 11.4 Å². The maximum atomic E-state index is 12.7. The summed E-state index contributed by atoms with van der Waals surface area (Å²) < 4.78 is 5.19. The van der Waals surface area contributed by atoms with E-state index < -0.39 is 17.7 Å². The second-order valence-electron chi connectivity index (χ2n) is 8.31. The lowest BCUT2D eigenvalue weighted by Crippen LogP contribution is -2.36. The number of phenols is 1. The number of rotatable bonds is 6. The van der Waals surface area contributed by atoms with E-state index >= 15 is 0 Å². The molecule has 2 amide bonds. The molecule has 0 aliphatic carbocycles. The molecule has 3 rings (SSSR count). The highest BCUT2D eigenvalue weighted by Crippen LogP contribution is 2.35. The molecule has 3 aromatic carbocycles. The van der Waals surface area contributed by atoms with E-state index in [1.165, 1.54) is 0 Å². The molecule has 31 heavy (non-hydrogen) atoms. The highest BCUT2D eigenvalue weighted by atomic mass is 16.6. The molecule has 0 aliphatic heterocycles. The fourth-order valence-corrected chi connectivity index (χ4v) is 3.38. The standard InChI is InChI=1S/C25H28N2O4/c1-25(2,3)31-24(30)26-16-15-21(29)27-23(18-10-5-4-6-11-18)22-19-12-8-7-9-17(19)13-14-20(22)28/h4-14,23,28H,15-16H2,1-3H3,(H,26,30)(H,27,29). The second-order valence-corrected chi connectivity index (χ2v) is 8.31. The van der Waals surface area contributed by atoms with Gasteiger partial charge in [-0.3, -0.25) is 4.79 Å². The predicted molar refractivity (Wildman–Crippen MR) is 121 cm³/mol. The van der Waals surface area contributed by atoms with Crippen LogP contribution in [0.1, 0.15) is 44.4 Å². The number of hydrogen-bond donors (Lipinski definition) is 3. The van der Waals surface area contributed by atoms with Crippen LogP contribution in [0.15, 0.2) is 66.7 Å². The Bertz CT molecular complexity index is 1060. The summed E-state index contributed by atoms with van der Waals surface area (Å²) in [7, 11) is 0. The normalized spacial score (nSPS) is 12.2. The molecule has 3 N–H and O–H groups in total. The first kappa shape index (κ1) is 22.2. The molecular weight excluding hydrogens is 392 g/mol. The third-order valence-corrected chi connectivity index (χ3v) is 4.69. The van der Waals surface area contributed by atoms with Gasteiger partial charge in [0.2, 0.25) is 5.91 Å². The lowest BCUT2D eigenvalue weighted by Gasteiger charge is -2.23. The number of nitrogens with one attached hydrogen (secondary N) is 2. The number of alkyl carbamates (subject to hydrolysis) is 1. The molecule has 0 fully saturated rings. The maximum absolute atomic E-state index is 12.7. The van der Waals surface area contributed by atoms with Gasteiger partial charge < -0.3 is 20.5 Å². The van der Waals surface area contributed by atoms with Gasteiger partial charge in [0.05, 0.1) is 6.04 Å². The molecule has 6 nitrogen and oxygen atoms in total. The van der Waals surface area contributed by atoms with E-state index in [4.69, 9.17) is 4.74 Å². The zero-order chi connectivity index (χ0) is 22.4. The number of aromatic hydroxyl groups is 1. The lowest BCUT2D eigenvalue weighted by atomic mass is 9.92. The van der Waals surface area contributed by atoms with Crippen molar-refractivity contribution in [2.45, 2.75) is 38.8 Å². The number of hydrogen-bond acceptors (Lipinski definition) is 4. The summed E-state index contributed by atoms with van der Waals surface area (Å²) in [5, 5.41) is 18.1. The summed E-state index contributed by atoms with van der Waals surface area (Å²) in [5.74, 6) is -0.142. The quantitative estimate of drug-likeness (QED) is 0.541. The van der Waals surface area contributed by atoms with Crippen molar-refractivity contribution in [3.63, 3.8) is 0 Å². The van der Waals surface area contributed by atoms with Crippen molar-refractivity contribution in [3.05, 3.63) is 77.9 Å². The fraction of sp³-hybridized carbons (Fsp3) is 0.280. The van der Waals surface area contributed by atoms with Crippen LogP contribution < -0.4 is 10.6 Å². The van der Waals surface area contributed by atoms with Crippen LogP contribution in [0.2, 0.25) is 0 Å². The van der Waals surface area contributed by atoms with Crippen LogP contribution >= 0.6 is 0 Å². The first-order chi connectivity index (χ1) is 14.7. The first-order valence-electron chi connectivity index (χ1n) is 10.3. The number of carbonyl (C=O) groups is 2. The minimum atomic E-state index is -0.601. The van der Waals surface area contributed by atoms with Crippen LogP contribution in [-0.4, -0.2) is 29.3 Å². The van der Waals surface area contributed by atoms with Gasteiger partial charge in [-0.15, -0.1) is 0 Å². The molecule has 0 saturated carbocycles. The Kier molecular flexibility index (Phi) is 6.80. The number of ether oxygens (including phenoxy) is 1. The summed E-state index contributed by atoms with van der Waals surface area (Å²) in [6.07, 6.45) is -0.486. The zero-order valence-corrected chi connectivity index (χ0v) is 18.0. The van der Waals surface area contributed by atoms with E-state index in [1.807, 2.05) is 60.7 Å². The molecule has 0 saturated heterocycles. The molecule has 6 heteroatoms. The fourth-order valence-electron chi connectivity index (χ4n) is 3.38. The molecule has 1 atom stereocenters. The third kappa shape index (κ3) is 5.98. The molecule has 0 radical (unpaired) electrons. The predicted octanol–water partition coefficient (Wildman–Crippen LogP) is 4.67. The minimum Gasteiger partial charge on any atom is -0.508 e. The van der Waals surface area contributed by atoms with Gasteiger partial charge in [0.15, 0.2) is 0 Å². The SMILES string of the molecule is CC(C)(C)OC(=O)NCCC(=O)NC(c1ccccc1)c1c(O)ccc2ccccc12. The van der Waals surface area contributed by atoms with E-state index in [-0.39, 0.29) is 24.6 Å².